The van der Waals surface area contributed by atoms with Gasteiger partial charge >= 0.3 is 0 Å². The number of aromatic nitrogens is 2. The minimum Gasteiger partial charge on any atom is -0.352 e. The second-order valence-electron chi connectivity index (χ2n) is 6.30. The summed E-state index contributed by atoms with van der Waals surface area (Å²) in [5.41, 5.74) is 1.02. The number of hydrogen-bond acceptors (Lipinski definition) is 6. The van der Waals surface area contributed by atoms with Crippen molar-refractivity contribution >= 4 is 27.2 Å². The van der Waals surface area contributed by atoms with Gasteiger partial charge in [0.25, 0.3) is 5.91 Å². The second-order valence-corrected chi connectivity index (χ2v) is 8.53. The fourth-order valence-corrected chi connectivity index (χ4v) is 4.88. The summed E-state index contributed by atoms with van der Waals surface area (Å²) in [5, 5.41) is 0. The number of anilines is 2. The smallest absolute Gasteiger partial charge is 0.278 e. The van der Waals surface area contributed by atoms with Gasteiger partial charge in [0.2, 0.25) is 0 Å². The summed E-state index contributed by atoms with van der Waals surface area (Å²) < 4.78 is 23.5. The highest BCUT2D eigenvalue weighted by Gasteiger charge is 2.32. The van der Waals surface area contributed by atoms with Crippen molar-refractivity contribution in [2.75, 3.05) is 34.9 Å². The molecule has 8 heteroatoms. The Balaban J connectivity index is 1.76. The van der Waals surface area contributed by atoms with Crippen LogP contribution < -0.4 is 9.80 Å². The standard InChI is InChI=1S/C18H22N4O3S/c1-3-22(15-9-10-26(24,25)13-15)17-12-19-16(11-20-17)18(23)21(2)14-7-5-4-6-8-14/h4-8,11-12,15H,3,9-10,13H2,1-2H3. The van der Waals surface area contributed by atoms with Crippen molar-refractivity contribution in [2.24, 2.45) is 0 Å². The predicted octanol–water partition coefficient (Wildman–Crippen LogP) is 1.77. The molecule has 138 valence electrons. The van der Waals surface area contributed by atoms with Crippen molar-refractivity contribution in [1.82, 2.24) is 9.97 Å². The molecule has 26 heavy (non-hydrogen) atoms. The Bertz CT molecular complexity index is 869. The van der Waals surface area contributed by atoms with Crippen LogP contribution in [0.4, 0.5) is 11.5 Å². The molecule has 1 aromatic heterocycles. The molecular formula is C18H22N4O3S. The molecule has 1 aliphatic rings. The Morgan fingerprint density at radius 1 is 1.19 bits per heavy atom. The lowest BCUT2D eigenvalue weighted by Crippen LogP contribution is -2.37. The molecule has 3 rings (SSSR count). The van der Waals surface area contributed by atoms with Gasteiger partial charge in [0.05, 0.1) is 23.9 Å². The van der Waals surface area contributed by atoms with Gasteiger partial charge in [-0.05, 0) is 25.5 Å². The van der Waals surface area contributed by atoms with E-state index in [-0.39, 0.29) is 29.1 Å². The molecule has 0 spiro atoms. The van der Waals surface area contributed by atoms with Crippen LogP contribution in [-0.4, -0.2) is 55.4 Å². The van der Waals surface area contributed by atoms with Crippen LogP contribution in [0.3, 0.4) is 0 Å². The van der Waals surface area contributed by atoms with E-state index in [1.807, 2.05) is 42.2 Å². The van der Waals surface area contributed by atoms with Gasteiger partial charge < -0.3 is 9.80 Å². The molecule has 2 heterocycles. The Kier molecular flexibility index (Phi) is 5.22. The van der Waals surface area contributed by atoms with Gasteiger partial charge in [0, 0.05) is 25.3 Å². The molecule has 1 aromatic carbocycles. The van der Waals surface area contributed by atoms with Crippen LogP contribution in [0, 0.1) is 0 Å². The van der Waals surface area contributed by atoms with Gasteiger partial charge in [0.1, 0.15) is 11.5 Å². The quantitative estimate of drug-likeness (QED) is 0.793. The van der Waals surface area contributed by atoms with Gasteiger partial charge in [-0.3, -0.25) is 4.79 Å². The van der Waals surface area contributed by atoms with E-state index in [1.54, 1.807) is 13.2 Å². The fourth-order valence-electron chi connectivity index (χ4n) is 3.15. The van der Waals surface area contributed by atoms with Gasteiger partial charge in [-0.2, -0.15) is 0 Å². The van der Waals surface area contributed by atoms with Crippen molar-refractivity contribution < 1.29 is 13.2 Å². The molecular weight excluding hydrogens is 352 g/mol. The summed E-state index contributed by atoms with van der Waals surface area (Å²) in [6.07, 6.45) is 3.58. The fraction of sp³-hybridized carbons (Fsp3) is 0.389. The van der Waals surface area contributed by atoms with Gasteiger partial charge in [-0.15, -0.1) is 0 Å². The first-order chi connectivity index (χ1) is 12.4. The number of carbonyl (C=O) groups excluding carboxylic acids is 1. The molecule has 7 nitrogen and oxygen atoms in total. The molecule has 2 aromatic rings. The van der Waals surface area contributed by atoms with Crippen LogP contribution in [0.5, 0.6) is 0 Å². The summed E-state index contributed by atoms with van der Waals surface area (Å²) in [4.78, 5) is 24.6. The van der Waals surface area contributed by atoms with Crippen molar-refractivity contribution in [3.05, 3.63) is 48.4 Å². The van der Waals surface area contributed by atoms with E-state index in [0.29, 0.717) is 18.8 Å². The third-order valence-electron chi connectivity index (χ3n) is 4.59. The minimum absolute atomic E-state index is 0.0900. The van der Waals surface area contributed by atoms with E-state index in [9.17, 15) is 13.2 Å². The molecule has 0 bridgehead atoms. The number of carbonyl (C=O) groups is 1. The highest BCUT2D eigenvalue weighted by Crippen LogP contribution is 2.22. The summed E-state index contributed by atoms with van der Waals surface area (Å²) >= 11 is 0. The largest absolute Gasteiger partial charge is 0.352 e. The summed E-state index contributed by atoms with van der Waals surface area (Å²) in [5.74, 6) is 0.690. The Labute approximate surface area is 153 Å². The molecule has 1 atom stereocenters. The average Bonchev–Trinajstić information content (AvgIpc) is 3.02. The average molecular weight is 374 g/mol. The van der Waals surface area contributed by atoms with E-state index in [0.717, 1.165) is 5.69 Å². The van der Waals surface area contributed by atoms with Crippen LogP contribution >= 0.6 is 0 Å². The van der Waals surface area contributed by atoms with Crippen molar-refractivity contribution in [3.8, 4) is 0 Å². The minimum atomic E-state index is -2.97. The third-order valence-corrected chi connectivity index (χ3v) is 6.34. The molecule has 1 amide bonds. The molecule has 0 N–H and O–H groups in total. The lowest BCUT2D eigenvalue weighted by molar-refractivity contribution is 0.0988. The van der Waals surface area contributed by atoms with Gasteiger partial charge in [-0.1, -0.05) is 18.2 Å². The van der Waals surface area contributed by atoms with Crippen molar-refractivity contribution in [1.29, 1.82) is 0 Å². The van der Waals surface area contributed by atoms with Crippen LogP contribution in [0.15, 0.2) is 42.7 Å². The van der Waals surface area contributed by atoms with Crippen molar-refractivity contribution in [2.45, 2.75) is 19.4 Å². The topological polar surface area (TPSA) is 83.5 Å². The highest BCUT2D eigenvalue weighted by molar-refractivity contribution is 7.91. The highest BCUT2D eigenvalue weighted by atomic mass is 32.2. The number of para-hydroxylation sites is 1. The van der Waals surface area contributed by atoms with Crippen LogP contribution in [-0.2, 0) is 9.84 Å². The van der Waals surface area contributed by atoms with E-state index in [1.165, 1.54) is 11.1 Å². The number of benzene rings is 1. The first kappa shape index (κ1) is 18.3. The number of nitrogens with zero attached hydrogens (tertiary/aromatic N) is 4. The lowest BCUT2D eigenvalue weighted by atomic mass is 10.2. The van der Waals surface area contributed by atoms with E-state index in [2.05, 4.69) is 9.97 Å². The Hall–Kier alpha value is -2.48. The van der Waals surface area contributed by atoms with E-state index < -0.39 is 9.84 Å². The van der Waals surface area contributed by atoms with Crippen LogP contribution in [0.25, 0.3) is 0 Å². The first-order valence-corrected chi connectivity index (χ1v) is 10.4. The molecule has 0 saturated carbocycles. The summed E-state index contributed by atoms with van der Waals surface area (Å²) in [6.45, 7) is 2.58. The number of hydrogen-bond donors (Lipinski definition) is 0. The van der Waals surface area contributed by atoms with Gasteiger partial charge in [0.15, 0.2) is 9.84 Å². The normalized spacial score (nSPS) is 18.5. The molecule has 1 aliphatic heterocycles. The van der Waals surface area contributed by atoms with E-state index >= 15 is 0 Å². The summed E-state index contributed by atoms with van der Waals surface area (Å²) in [7, 11) is -1.28. The zero-order chi connectivity index (χ0) is 18.7. The number of rotatable bonds is 5. The molecule has 0 aliphatic carbocycles. The maximum Gasteiger partial charge on any atom is 0.278 e. The Morgan fingerprint density at radius 2 is 1.92 bits per heavy atom. The van der Waals surface area contributed by atoms with Crippen LogP contribution in [0.1, 0.15) is 23.8 Å². The zero-order valence-electron chi connectivity index (χ0n) is 14.9. The van der Waals surface area contributed by atoms with Crippen LogP contribution in [0.2, 0.25) is 0 Å². The second kappa shape index (κ2) is 7.41. The summed E-state index contributed by atoms with van der Waals surface area (Å²) in [6, 6.07) is 9.22. The first-order valence-electron chi connectivity index (χ1n) is 8.53. The van der Waals surface area contributed by atoms with E-state index in [4.69, 9.17) is 0 Å². The third kappa shape index (κ3) is 3.85. The maximum atomic E-state index is 12.6. The molecule has 0 radical (unpaired) electrons. The monoisotopic (exact) mass is 374 g/mol. The molecule has 1 fully saturated rings. The number of amides is 1. The lowest BCUT2D eigenvalue weighted by Gasteiger charge is -2.27. The van der Waals surface area contributed by atoms with Gasteiger partial charge in [-0.25, -0.2) is 18.4 Å². The Morgan fingerprint density at radius 3 is 2.46 bits per heavy atom. The molecule has 1 unspecified atom stereocenters. The maximum absolute atomic E-state index is 12.6. The molecule has 1 saturated heterocycles. The van der Waals surface area contributed by atoms with Crippen molar-refractivity contribution in [3.63, 3.8) is 0 Å². The zero-order valence-corrected chi connectivity index (χ0v) is 15.7. The predicted molar refractivity (Wildman–Crippen MR) is 101 cm³/mol. The number of sulfone groups is 1. The SMILES string of the molecule is CCN(c1cnc(C(=O)N(C)c2ccccc2)cn1)C1CCS(=O)(=O)C1.